The third-order valence-electron chi connectivity index (χ3n) is 4.02. The van der Waals surface area contributed by atoms with E-state index in [1.807, 2.05) is 20.8 Å². The van der Waals surface area contributed by atoms with Gasteiger partial charge in [0.2, 0.25) is 5.88 Å². The van der Waals surface area contributed by atoms with Gasteiger partial charge >= 0.3 is 6.09 Å². The molecule has 0 bridgehead atoms. The molecule has 1 aromatic rings. The van der Waals surface area contributed by atoms with Gasteiger partial charge in [0.15, 0.2) is 11.9 Å². The lowest BCUT2D eigenvalue weighted by atomic mass is 9.80. The fraction of sp³-hybridized carbons (Fsp3) is 0.353. The number of azo groups is 1. The number of amides is 3. The van der Waals surface area contributed by atoms with Gasteiger partial charge in [-0.25, -0.2) is 4.79 Å². The summed E-state index contributed by atoms with van der Waals surface area (Å²) in [6.45, 7) is 5.69. The zero-order chi connectivity index (χ0) is 21.3. The van der Waals surface area contributed by atoms with Gasteiger partial charge in [-0.05, 0) is 23.6 Å². The summed E-state index contributed by atoms with van der Waals surface area (Å²) in [6, 6.07) is 2.82. The van der Waals surface area contributed by atoms with Gasteiger partial charge in [-0.1, -0.05) is 44.0 Å². The first-order chi connectivity index (χ1) is 13.5. The van der Waals surface area contributed by atoms with E-state index in [0.29, 0.717) is 0 Å². The maximum Gasteiger partial charge on any atom is 0.427 e. The standard InChI is InChI=1S/C17H17Cl2N5O5/c1-17(2,3)8-6-11(22-23-14(8)25)28-12-9(18)4-7(5-10(12)19)20-15(26)13-21-16(27)29-24-13/h4-6,8,13,24H,1-3H3,(H,20,26)(H,21,27). The van der Waals surface area contributed by atoms with Crippen molar-refractivity contribution in [3.8, 4) is 5.75 Å². The van der Waals surface area contributed by atoms with Crippen molar-refractivity contribution in [3.05, 3.63) is 34.1 Å². The van der Waals surface area contributed by atoms with Crippen LogP contribution in [0.15, 0.2) is 34.3 Å². The first-order valence-electron chi connectivity index (χ1n) is 8.42. The van der Waals surface area contributed by atoms with Crippen molar-refractivity contribution in [2.24, 2.45) is 21.6 Å². The molecule has 29 heavy (non-hydrogen) atoms. The van der Waals surface area contributed by atoms with Gasteiger partial charge in [0.25, 0.3) is 11.8 Å². The zero-order valence-corrected chi connectivity index (χ0v) is 17.1. The normalized spacial score (nSPS) is 21.3. The number of hydroxylamine groups is 1. The van der Waals surface area contributed by atoms with Gasteiger partial charge in [0.1, 0.15) is 0 Å². The van der Waals surface area contributed by atoms with Crippen LogP contribution in [0.2, 0.25) is 10.0 Å². The van der Waals surface area contributed by atoms with Gasteiger partial charge in [-0.2, -0.15) is 0 Å². The Morgan fingerprint density at radius 3 is 2.41 bits per heavy atom. The van der Waals surface area contributed by atoms with Crippen molar-refractivity contribution in [2.45, 2.75) is 26.9 Å². The van der Waals surface area contributed by atoms with Crippen molar-refractivity contribution >= 4 is 46.8 Å². The molecule has 0 spiro atoms. The predicted octanol–water partition coefficient (Wildman–Crippen LogP) is 3.38. The molecule has 3 N–H and O–H groups in total. The average Bonchev–Trinajstić information content (AvgIpc) is 3.05. The number of rotatable bonds is 4. The number of anilines is 1. The first kappa shape index (κ1) is 21.0. The van der Waals surface area contributed by atoms with Crippen LogP contribution in [0.5, 0.6) is 5.75 Å². The molecule has 1 aromatic carbocycles. The monoisotopic (exact) mass is 441 g/mol. The number of benzene rings is 1. The number of hydrogen-bond donors (Lipinski definition) is 3. The van der Waals surface area contributed by atoms with Crippen LogP contribution in [-0.2, 0) is 14.4 Å². The molecule has 0 aliphatic carbocycles. The Morgan fingerprint density at radius 1 is 1.21 bits per heavy atom. The first-order valence-corrected chi connectivity index (χ1v) is 9.18. The summed E-state index contributed by atoms with van der Waals surface area (Å²) in [5.74, 6) is -1.29. The number of nitrogens with zero attached hydrogens (tertiary/aromatic N) is 2. The molecular formula is C17H17Cl2N5O5. The Hall–Kier alpha value is -2.69. The Bertz CT molecular complexity index is 918. The highest BCUT2D eigenvalue weighted by Gasteiger charge is 2.33. The Morgan fingerprint density at radius 2 is 1.86 bits per heavy atom. The summed E-state index contributed by atoms with van der Waals surface area (Å²) in [5, 5.41) is 12.3. The summed E-state index contributed by atoms with van der Waals surface area (Å²) in [6.07, 6.45) is -0.269. The maximum atomic E-state index is 12.1. The fourth-order valence-corrected chi connectivity index (χ4v) is 3.10. The summed E-state index contributed by atoms with van der Waals surface area (Å²) < 4.78 is 5.65. The quantitative estimate of drug-likeness (QED) is 0.656. The van der Waals surface area contributed by atoms with Crippen molar-refractivity contribution < 1.29 is 24.0 Å². The topological polar surface area (TPSA) is 130 Å². The molecule has 3 rings (SSSR count). The van der Waals surface area contributed by atoms with Crippen LogP contribution < -0.4 is 20.9 Å². The van der Waals surface area contributed by atoms with Gasteiger partial charge in [-0.15, -0.1) is 15.7 Å². The third-order valence-corrected chi connectivity index (χ3v) is 4.58. The highest BCUT2D eigenvalue weighted by Crippen LogP contribution is 2.39. The lowest BCUT2D eigenvalue weighted by Gasteiger charge is -2.26. The highest BCUT2D eigenvalue weighted by atomic mass is 35.5. The second-order valence-electron chi connectivity index (χ2n) is 7.33. The molecule has 2 unspecified atom stereocenters. The van der Waals surface area contributed by atoms with E-state index in [4.69, 9.17) is 27.9 Å². The molecule has 2 heterocycles. The molecule has 12 heteroatoms. The smallest absolute Gasteiger partial charge is 0.427 e. The van der Waals surface area contributed by atoms with Crippen LogP contribution in [0.3, 0.4) is 0 Å². The summed E-state index contributed by atoms with van der Waals surface area (Å²) in [5.41, 5.74) is 2.11. The predicted molar refractivity (Wildman–Crippen MR) is 103 cm³/mol. The fourth-order valence-electron chi connectivity index (χ4n) is 2.54. The van der Waals surface area contributed by atoms with E-state index in [2.05, 4.69) is 31.2 Å². The van der Waals surface area contributed by atoms with Gasteiger partial charge in [0, 0.05) is 5.69 Å². The second-order valence-corrected chi connectivity index (χ2v) is 8.15. The minimum Gasteiger partial charge on any atom is -0.435 e. The van der Waals surface area contributed by atoms with Crippen molar-refractivity contribution in [1.29, 1.82) is 0 Å². The molecule has 1 fully saturated rings. The molecule has 1 saturated heterocycles. The molecule has 10 nitrogen and oxygen atoms in total. The maximum absolute atomic E-state index is 12.1. The molecule has 154 valence electrons. The van der Waals surface area contributed by atoms with Crippen LogP contribution >= 0.6 is 23.2 Å². The number of halogens is 2. The van der Waals surface area contributed by atoms with E-state index < -0.39 is 24.1 Å². The van der Waals surface area contributed by atoms with Crippen LogP contribution in [0.25, 0.3) is 0 Å². The van der Waals surface area contributed by atoms with Gasteiger partial charge in [0.05, 0.1) is 16.0 Å². The van der Waals surface area contributed by atoms with E-state index in [1.165, 1.54) is 12.1 Å². The molecule has 0 radical (unpaired) electrons. The van der Waals surface area contributed by atoms with E-state index in [1.54, 1.807) is 6.08 Å². The SMILES string of the molecule is CC(C)(C)C1C=C(Oc2c(Cl)cc(NC(=O)C3NOC(=O)N3)cc2Cl)N=NC1=O. The average molecular weight is 442 g/mol. The highest BCUT2D eigenvalue weighted by molar-refractivity contribution is 6.37. The minimum atomic E-state index is -1.06. The van der Waals surface area contributed by atoms with Gasteiger partial charge in [-0.3, -0.25) is 14.9 Å². The Balaban J connectivity index is 1.76. The van der Waals surface area contributed by atoms with Crippen LogP contribution in [0, 0.1) is 11.3 Å². The summed E-state index contributed by atoms with van der Waals surface area (Å²) >= 11 is 12.5. The van der Waals surface area contributed by atoms with Crippen molar-refractivity contribution in [3.63, 3.8) is 0 Å². The number of carbonyl (C=O) groups excluding carboxylic acids is 3. The molecule has 2 atom stereocenters. The zero-order valence-electron chi connectivity index (χ0n) is 15.6. The summed E-state index contributed by atoms with van der Waals surface area (Å²) in [7, 11) is 0. The van der Waals surface area contributed by atoms with Gasteiger partial charge < -0.3 is 14.9 Å². The second kappa shape index (κ2) is 7.97. The third kappa shape index (κ3) is 4.84. The van der Waals surface area contributed by atoms with Crippen LogP contribution in [-0.4, -0.2) is 24.1 Å². The van der Waals surface area contributed by atoms with E-state index in [0.717, 1.165) is 0 Å². The van der Waals surface area contributed by atoms with Crippen molar-refractivity contribution in [2.75, 3.05) is 5.32 Å². The van der Waals surface area contributed by atoms with Crippen LogP contribution in [0.1, 0.15) is 20.8 Å². The number of carbonyl (C=O) groups is 3. The number of ether oxygens (including phenoxy) is 1. The molecule has 2 aliphatic heterocycles. The minimum absolute atomic E-state index is 0.0835. The molecule has 3 amide bonds. The molecule has 0 saturated carbocycles. The Kier molecular flexibility index (Phi) is 5.78. The van der Waals surface area contributed by atoms with E-state index >= 15 is 0 Å². The van der Waals surface area contributed by atoms with E-state index in [9.17, 15) is 14.4 Å². The largest absolute Gasteiger partial charge is 0.435 e. The molecule has 2 aliphatic rings. The van der Waals surface area contributed by atoms with Crippen LogP contribution in [0.4, 0.5) is 10.5 Å². The summed E-state index contributed by atoms with van der Waals surface area (Å²) in [4.78, 5) is 39.5. The number of nitrogens with one attached hydrogen (secondary N) is 3. The molecular weight excluding hydrogens is 425 g/mol. The molecule has 0 aromatic heterocycles. The van der Waals surface area contributed by atoms with E-state index in [-0.39, 0.29) is 38.7 Å². The Labute approximate surface area is 175 Å². The lowest BCUT2D eigenvalue weighted by Crippen LogP contribution is -2.43. The lowest BCUT2D eigenvalue weighted by molar-refractivity contribution is -0.124. The number of hydrogen-bond acceptors (Lipinski definition) is 7. The van der Waals surface area contributed by atoms with Crippen molar-refractivity contribution in [1.82, 2.24) is 10.8 Å².